The molecule has 0 saturated heterocycles. The summed E-state index contributed by atoms with van der Waals surface area (Å²) in [5.41, 5.74) is -0.148. The smallest absolute Gasteiger partial charge is 0.229 e. The number of rotatable bonds is 3. The van der Waals surface area contributed by atoms with Crippen molar-refractivity contribution in [3.05, 3.63) is 12.2 Å². The van der Waals surface area contributed by atoms with Crippen LogP contribution in [0.2, 0.25) is 0 Å². The molecule has 2 fully saturated rings. The minimum atomic E-state index is -0.148. The van der Waals surface area contributed by atoms with E-state index in [9.17, 15) is 9.59 Å². The van der Waals surface area contributed by atoms with E-state index in [2.05, 4.69) is 12.2 Å². The molecule has 2 saturated carbocycles. The van der Waals surface area contributed by atoms with Crippen LogP contribution >= 0.6 is 0 Å². The summed E-state index contributed by atoms with van der Waals surface area (Å²) in [4.78, 5) is 25.6. The molecule has 0 spiro atoms. The van der Waals surface area contributed by atoms with Crippen molar-refractivity contribution in [2.45, 2.75) is 25.7 Å². The minimum absolute atomic E-state index is 0.0539. The van der Waals surface area contributed by atoms with E-state index in [4.69, 9.17) is 0 Å². The van der Waals surface area contributed by atoms with Crippen LogP contribution in [-0.4, -0.2) is 30.7 Å². The highest BCUT2D eigenvalue weighted by molar-refractivity contribution is 6.02. The van der Waals surface area contributed by atoms with Gasteiger partial charge in [-0.1, -0.05) is 12.2 Å². The monoisotopic (exact) mass is 233 g/mol. The summed E-state index contributed by atoms with van der Waals surface area (Å²) in [7, 11) is 3.43. The molecule has 0 radical (unpaired) electrons. The molecule has 2 bridgehead atoms. The molecule has 3 aliphatic carbocycles. The second-order valence-electron chi connectivity index (χ2n) is 5.96. The first kappa shape index (κ1) is 11.0. The second-order valence-corrected chi connectivity index (χ2v) is 5.96. The number of fused-ring (bicyclic) bond motifs is 5. The summed E-state index contributed by atoms with van der Waals surface area (Å²) in [6, 6.07) is 0. The molecular weight excluding hydrogens is 214 g/mol. The molecule has 3 heteroatoms. The van der Waals surface area contributed by atoms with Crippen molar-refractivity contribution in [2.24, 2.45) is 23.2 Å². The summed E-state index contributed by atoms with van der Waals surface area (Å²) >= 11 is 0. The van der Waals surface area contributed by atoms with Crippen LogP contribution in [-0.2, 0) is 9.59 Å². The highest BCUT2D eigenvalue weighted by Gasteiger charge is 2.64. The number of carbonyl (C=O) groups excluding carboxylic acids is 2. The topological polar surface area (TPSA) is 37.4 Å². The van der Waals surface area contributed by atoms with Crippen molar-refractivity contribution < 1.29 is 9.59 Å². The van der Waals surface area contributed by atoms with Crippen molar-refractivity contribution in [1.29, 1.82) is 0 Å². The fourth-order valence-electron chi connectivity index (χ4n) is 4.10. The van der Waals surface area contributed by atoms with Gasteiger partial charge in [0.1, 0.15) is 5.78 Å². The van der Waals surface area contributed by atoms with Crippen LogP contribution in [0.25, 0.3) is 0 Å². The van der Waals surface area contributed by atoms with Gasteiger partial charge in [0.15, 0.2) is 0 Å². The lowest BCUT2D eigenvalue weighted by Gasteiger charge is -2.49. The van der Waals surface area contributed by atoms with Gasteiger partial charge in [0.25, 0.3) is 0 Å². The molecule has 3 rings (SSSR count). The molecule has 0 aromatic rings. The molecule has 0 N–H and O–H groups in total. The van der Waals surface area contributed by atoms with Crippen molar-refractivity contribution in [3.8, 4) is 0 Å². The Morgan fingerprint density at radius 3 is 2.65 bits per heavy atom. The van der Waals surface area contributed by atoms with E-state index in [1.807, 2.05) is 0 Å². The zero-order chi connectivity index (χ0) is 12.2. The van der Waals surface area contributed by atoms with Crippen LogP contribution in [0.3, 0.4) is 0 Å². The van der Waals surface area contributed by atoms with Gasteiger partial charge in [-0.2, -0.15) is 0 Å². The Hall–Kier alpha value is -1.12. The Morgan fingerprint density at radius 1 is 1.35 bits per heavy atom. The third-order valence-electron chi connectivity index (χ3n) is 5.16. The Labute approximate surface area is 102 Å². The molecule has 3 nitrogen and oxygen atoms in total. The predicted molar refractivity (Wildman–Crippen MR) is 64.2 cm³/mol. The first-order valence-electron chi connectivity index (χ1n) is 6.47. The number of allylic oxidation sites excluding steroid dienone is 2. The average molecular weight is 233 g/mol. The summed E-state index contributed by atoms with van der Waals surface area (Å²) < 4.78 is 0. The Balaban J connectivity index is 1.79. The fraction of sp³-hybridized carbons (Fsp3) is 0.714. The number of hydrogen-bond acceptors (Lipinski definition) is 2. The highest BCUT2D eigenvalue weighted by Crippen LogP contribution is 2.67. The lowest BCUT2D eigenvalue weighted by Crippen LogP contribution is -2.50. The van der Waals surface area contributed by atoms with E-state index in [0.29, 0.717) is 17.8 Å². The lowest BCUT2D eigenvalue weighted by atomic mass is 9.53. The third kappa shape index (κ3) is 1.28. The molecule has 3 aliphatic rings. The van der Waals surface area contributed by atoms with E-state index in [0.717, 1.165) is 12.8 Å². The van der Waals surface area contributed by atoms with Gasteiger partial charge in [-0.05, 0) is 37.0 Å². The zero-order valence-corrected chi connectivity index (χ0v) is 10.5. The Kier molecular flexibility index (Phi) is 2.22. The summed E-state index contributed by atoms with van der Waals surface area (Å²) in [6.07, 6.45) is 7.93. The number of carbonyl (C=O) groups is 2. The molecule has 4 atom stereocenters. The van der Waals surface area contributed by atoms with Crippen LogP contribution < -0.4 is 0 Å². The number of amides is 1. The van der Waals surface area contributed by atoms with Gasteiger partial charge in [0, 0.05) is 19.5 Å². The number of hydrogen-bond donors (Lipinski definition) is 0. The second kappa shape index (κ2) is 3.44. The fourth-order valence-corrected chi connectivity index (χ4v) is 4.10. The molecule has 17 heavy (non-hydrogen) atoms. The quantitative estimate of drug-likeness (QED) is 0.549. The first-order valence-corrected chi connectivity index (χ1v) is 6.47. The van der Waals surface area contributed by atoms with Crippen LogP contribution in [0.1, 0.15) is 25.7 Å². The zero-order valence-electron chi connectivity index (χ0n) is 10.5. The maximum Gasteiger partial charge on any atom is 0.229 e. The number of ketones is 1. The van der Waals surface area contributed by atoms with E-state index >= 15 is 0 Å². The van der Waals surface area contributed by atoms with Gasteiger partial charge in [-0.3, -0.25) is 9.59 Å². The number of Topliss-reactive ketones (excluding diaryl/α,β-unsaturated/α-hetero) is 1. The van der Waals surface area contributed by atoms with Gasteiger partial charge in [0.2, 0.25) is 5.91 Å². The van der Waals surface area contributed by atoms with Crippen molar-refractivity contribution >= 4 is 11.7 Å². The predicted octanol–water partition coefficient (Wildman–Crippen LogP) is 1.64. The van der Waals surface area contributed by atoms with Crippen molar-refractivity contribution in [3.63, 3.8) is 0 Å². The molecule has 0 heterocycles. The van der Waals surface area contributed by atoms with Gasteiger partial charge >= 0.3 is 0 Å². The van der Waals surface area contributed by atoms with E-state index < -0.39 is 0 Å². The van der Waals surface area contributed by atoms with Crippen LogP contribution in [0.4, 0.5) is 0 Å². The minimum Gasteiger partial charge on any atom is -0.348 e. The molecule has 1 amide bonds. The van der Waals surface area contributed by atoms with Crippen molar-refractivity contribution in [2.75, 3.05) is 14.1 Å². The molecule has 0 aliphatic heterocycles. The van der Waals surface area contributed by atoms with Crippen molar-refractivity contribution in [1.82, 2.24) is 4.90 Å². The summed E-state index contributed by atoms with van der Waals surface area (Å²) in [6.45, 7) is 0. The van der Waals surface area contributed by atoms with Gasteiger partial charge in [0.05, 0.1) is 6.42 Å². The Bertz CT molecular complexity index is 412. The highest BCUT2D eigenvalue weighted by atomic mass is 16.2. The molecule has 4 unspecified atom stereocenters. The summed E-state index contributed by atoms with van der Waals surface area (Å²) in [5, 5.41) is 0. The molecule has 0 aromatic heterocycles. The van der Waals surface area contributed by atoms with Crippen LogP contribution in [0.15, 0.2) is 12.2 Å². The SMILES string of the molecule is CN(C)C(=O)CC(=O)C12CCC1C1C=CC2C1. The van der Waals surface area contributed by atoms with E-state index in [1.54, 1.807) is 14.1 Å². The van der Waals surface area contributed by atoms with Gasteiger partial charge < -0.3 is 4.90 Å². The van der Waals surface area contributed by atoms with Crippen LogP contribution in [0, 0.1) is 23.2 Å². The number of nitrogens with zero attached hydrogens (tertiary/aromatic N) is 1. The maximum absolute atomic E-state index is 12.5. The van der Waals surface area contributed by atoms with Gasteiger partial charge in [-0.25, -0.2) is 0 Å². The normalized spacial score (nSPS) is 40.9. The lowest BCUT2D eigenvalue weighted by molar-refractivity contribution is -0.146. The first-order chi connectivity index (χ1) is 8.05. The third-order valence-corrected chi connectivity index (χ3v) is 5.16. The maximum atomic E-state index is 12.5. The molecule has 92 valence electrons. The van der Waals surface area contributed by atoms with Gasteiger partial charge in [-0.15, -0.1) is 0 Å². The van der Waals surface area contributed by atoms with Crippen LogP contribution in [0.5, 0.6) is 0 Å². The summed E-state index contributed by atoms with van der Waals surface area (Å²) in [5.74, 6) is 1.73. The standard InChI is InChI=1S/C14H19NO2/c1-15(2)13(17)8-12(16)14-6-5-11(14)9-3-4-10(14)7-9/h3-4,9-11H,5-8H2,1-2H3. The molecular formula is C14H19NO2. The molecule has 0 aromatic carbocycles. The van der Waals surface area contributed by atoms with E-state index in [-0.39, 0.29) is 23.5 Å². The largest absolute Gasteiger partial charge is 0.348 e. The average Bonchev–Trinajstić information content (AvgIpc) is 2.72. The van der Waals surface area contributed by atoms with E-state index in [1.165, 1.54) is 11.3 Å². The Morgan fingerprint density at radius 2 is 2.12 bits per heavy atom.